The predicted octanol–water partition coefficient (Wildman–Crippen LogP) is 3.74. The van der Waals surface area contributed by atoms with Crippen molar-refractivity contribution in [2.24, 2.45) is 0 Å². The second-order valence-corrected chi connectivity index (χ2v) is 9.18. The number of fused-ring (bicyclic) bond motifs is 1. The van der Waals surface area contributed by atoms with Gasteiger partial charge in [0.05, 0.1) is 36.2 Å². The van der Waals surface area contributed by atoms with Crippen molar-refractivity contribution in [3.63, 3.8) is 0 Å². The van der Waals surface area contributed by atoms with Gasteiger partial charge in [0.1, 0.15) is 11.2 Å². The lowest BCUT2D eigenvalue weighted by Gasteiger charge is -2.21. The molecule has 0 aliphatic carbocycles. The number of aliphatic hydroxyl groups is 2. The fraction of sp³-hybridized carbons (Fsp3) is 0.250. The Balaban J connectivity index is 2.11. The van der Waals surface area contributed by atoms with Crippen LogP contribution in [0.1, 0.15) is 23.7 Å². The number of anilines is 3. The van der Waals surface area contributed by atoms with E-state index in [-0.39, 0.29) is 40.4 Å². The number of aryl methyl sites for hydroxylation is 1. The number of benzene rings is 2. The summed E-state index contributed by atoms with van der Waals surface area (Å²) in [5.74, 6) is -0.856. The van der Waals surface area contributed by atoms with Crippen molar-refractivity contribution < 1.29 is 23.8 Å². The highest BCUT2D eigenvalue weighted by Gasteiger charge is 2.25. The van der Waals surface area contributed by atoms with Crippen molar-refractivity contribution in [2.45, 2.75) is 40.3 Å². The van der Waals surface area contributed by atoms with Gasteiger partial charge in [0.15, 0.2) is 5.58 Å². The summed E-state index contributed by atoms with van der Waals surface area (Å²) >= 11 is 0. The van der Waals surface area contributed by atoms with E-state index in [1.807, 2.05) is 0 Å². The van der Waals surface area contributed by atoms with Crippen LogP contribution >= 0.6 is 0 Å². The van der Waals surface area contributed by atoms with Crippen LogP contribution in [-0.4, -0.2) is 33.4 Å². The Hall–Kier alpha value is -4.28. The first-order valence-corrected chi connectivity index (χ1v) is 11.9. The van der Waals surface area contributed by atoms with Crippen molar-refractivity contribution in [3.8, 4) is 11.1 Å². The maximum atomic E-state index is 14.8. The standard InChI is InChI=1S/C28H28FN3O6/c1-14-8-9-22(21(29)10-14)31-25-15(2)28(37)38-26-23(18-6-5-7-19(11-18)30-17(4)34)16(3)32(12-20(35)13-33)27(36)24(25)26/h5-11,20,31,33,35H,12-13H2,1-4H3,(H,30,34). The number of carbonyl (C=O) groups is 1. The molecule has 10 heteroatoms. The molecule has 1 atom stereocenters. The van der Waals surface area contributed by atoms with Crippen LogP contribution in [-0.2, 0) is 11.3 Å². The first kappa shape index (κ1) is 26.8. The van der Waals surface area contributed by atoms with Gasteiger partial charge in [-0.3, -0.25) is 9.59 Å². The van der Waals surface area contributed by atoms with Crippen molar-refractivity contribution in [2.75, 3.05) is 17.2 Å². The summed E-state index contributed by atoms with van der Waals surface area (Å²) < 4.78 is 21.7. The van der Waals surface area contributed by atoms with E-state index < -0.39 is 29.7 Å². The molecule has 0 saturated heterocycles. The number of aliphatic hydroxyl groups excluding tert-OH is 2. The smallest absolute Gasteiger partial charge is 0.341 e. The van der Waals surface area contributed by atoms with E-state index in [1.165, 1.54) is 30.5 Å². The Morgan fingerprint density at radius 2 is 1.87 bits per heavy atom. The lowest BCUT2D eigenvalue weighted by atomic mass is 9.99. The number of halogens is 1. The van der Waals surface area contributed by atoms with E-state index in [4.69, 9.17) is 4.42 Å². The molecule has 1 unspecified atom stereocenters. The molecule has 0 aliphatic rings. The number of nitrogens with zero attached hydrogens (tertiary/aromatic N) is 1. The number of hydrogen-bond donors (Lipinski definition) is 4. The zero-order chi connectivity index (χ0) is 27.7. The lowest BCUT2D eigenvalue weighted by Crippen LogP contribution is -2.31. The molecular formula is C28H28FN3O6. The Labute approximate surface area is 217 Å². The van der Waals surface area contributed by atoms with E-state index in [0.717, 1.165) is 0 Å². The van der Waals surface area contributed by atoms with Gasteiger partial charge in [-0.1, -0.05) is 18.2 Å². The molecule has 4 rings (SSSR count). The molecule has 0 radical (unpaired) electrons. The topological polar surface area (TPSA) is 134 Å². The molecule has 2 aromatic heterocycles. The van der Waals surface area contributed by atoms with Crippen molar-refractivity contribution in [1.82, 2.24) is 4.57 Å². The predicted molar refractivity (Wildman–Crippen MR) is 143 cm³/mol. The molecule has 0 spiro atoms. The average molecular weight is 522 g/mol. The molecule has 38 heavy (non-hydrogen) atoms. The number of rotatable bonds is 7. The monoisotopic (exact) mass is 521 g/mol. The van der Waals surface area contributed by atoms with E-state index in [9.17, 15) is 29.0 Å². The van der Waals surface area contributed by atoms with Crippen LogP contribution < -0.4 is 21.8 Å². The minimum absolute atomic E-state index is 0.0299. The lowest BCUT2D eigenvalue weighted by molar-refractivity contribution is -0.114. The molecule has 0 fully saturated rings. The van der Waals surface area contributed by atoms with Gasteiger partial charge in [0.25, 0.3) is 5.56 Å². The zero-order valence-electron chi connectivity index (χ0n) is 21.4. The molecular weight excluding hydrogens is 493 g/mol. The van der Waals surface area contributed by atoms with Gasteiger partial charge in [-0.15, -0.1) is 0 Å². The molecule has 4 aromatic rings. The van der Waals surface area contributed by atoms with E-state index >= 15 is 0 Å². The van der Waals surface area contributed by atoms with Crippen molar-refractivity contribution in [1.29, 1.82) is 0 Å². The average Bonchev–Trinajstić information content (AvgIpc) is 2.85. The highest BCUT2D eigenvalue weighted by atomic mass is 19.1. The van der Waals surface area contributed by atoms with Crippen LogP contribution in [0.25, 0.3) is 22.1 Å². The number of pyridine rings is 1. The largest absolute Gasteiger partial charge is 0.421 e. The van der Waals surface area contributed by atoms with Gasteiger partial charge in [-0.05, 0) is 56.2 Å². The molecule has 9 nitrogen and oxygen atoms in total. The molecule has 0 aliphatic heterocycles. The number of nitrogens with one attached hydrogen (secondary N) is 2. The maximum Gasteiger partial charge on any atom is 0.341 e. The maximum absolute atomic E-state index is 14.8. The van der Waals surface area contributed by atoms with Gasteiger partial charge < -0.3 is 29.8 Å². The normalized spacial score (nSPS) is 12.0. The molecule has 0 saturated carbocycles. The summed E-state index contributed by atoms with van der Waals surface area (Å²) in [5.41, 5.74) is 1.23. The first-order chi connectivity index (χ1) is 18.0. The quantitative estimate of drug-likeness (QED) is 0.291. The van der Waals surface area contributed by atoms with Gasteiger partial charge in [0, 0.05) is 23.9 Å². The minimum atomic E-state index is -1.25. The van der Waals surface area contributed by atoms with Crippen LogP contribution in [0.2, 0.25) is 0 Å². The van der Waals surface area contributed by atoms with Gasteiger partial charge in [-0.25, -0.2) is 9.18 Å². The SMILES string of the molecule is CC(=O)Nc1cccc(-c2c(C)n(CC(O)CO)c(=O)c3c(Nc4ccc(C)cc4F)c(C)c(=O)oc23)c1. The summed E-state index contributed by atoms with van der Waals surface area (Å²) in [6, 6.07) is 11.3. The summed E-state index contributed by atoms with van der Waals surface area (Å²) in [6.07, 6.45) is -1.25. The molecule has 4 N–H and O–H groups in total. The first-order valence-electron chi connectivity index (χ1n) is 11.9. The van der Waals surface area contributed by atoms with Crippen molar-refractivity contribution in [3.05, 3.63) is 85.9 Å². The van der Waals surface area contributed by atoms with Crippen LogP contribution in [0.15, 0.2) is 56.5 Å². The minimum Gasteiger partial charge on any atom is -0.421 e. The van der Waals surface area contributed by atoms with Crippen molar-refractivity contribution >= 4 is 33.9 Å². The highest BCUT2D eigenvalue weighted by molar-refractivity contribution is 6.01. The number of amides is 1. The number of aromatic nitrogens is 1. The second-order valence-electron chi connectivity index (χ2n) is 9.18. The Bertz CT molecular complexity index is 1670. The summed E-state index contributed by atoms with van der Waals surface area (Å²) in [7, 11) is 0. The molecule has 198 valence electrons. The van der Waals surface area contributed by atoms with Gasteiger partial charge in [-0.2, -0.15) is 0 Å². The fourth-order valence-corrected chi connectivity index (χ4v) is 4.39. The summed E-state index contributed by atoms with van der Waals surface area (Å²) in [5, 5.41) is 25.2. The molecule has 0 bridgehead atoms. The van der Waals surface area contributed by atoms with Crippen LogP contribution in [0.4, 0.5) is 21.5 Å². The van der Waals surface area contributed by atoms with Crippen LogP contribution in [0.5, 0.6) is 0 Å². The third-order valence-corrected chi connectivity index (χ3v) is 6.27. The third-order valence-electron chi connectivity index (χ3n) is 6.27. The number of hydrogen-bond acceptors (Lipinski definition) is 7. The number of carbonyl (C=O) groups excluding carboxylic acids is 1. The summed E-state index contributed by atoms with van der Waals surface area (Å²) in [6.45, 7) is 5.36. The highest BCUT2D eigenvalue weighted by Crippen LogP contribution is 2.36. The van der Waals surface area contributed by atoms with E-state index in [1.54, 1.807) is 44.2 Å². The molecule has 2 heterocycles. The van der Waals surface area contributed by atoms with Crippen LogP contribution in [0.3, 0.4) is 0 Å². The van der Waals surface area contributed by atoms with E-state index in [0.29, 0.717) is 28.1 Å². The summed E-state index contributed by atoms with van der Waals surface area (Å²) in [4.78, 5) is 38.4. The zero-order valence-corrected chi connectivity index (χ0v) is 21.4. The Morgan fingerprint density at radius 1 is 1.13 bits per heavy atom. The van der Waals surface area contributed by atoms with E-state index in [2.05, 4.69) is 10.6 Å². The Kier molecular flexibility index (Phi) is 7.47. The van der Waals surface area contributed by atoms with Gasteiger partial charge in [0.2, 0.25) is 5.91 Å². The molecule has 1 amide bonds. The molecule has 2 aromatic carbocycles. The second kappa shape index (κ2) is 10.6. The Morgan fingerprint density at radius 3 is 2.53 bits per heavy atom. The fourth-order valence-electron chi connectivity index (χ4n) is 4.39. The van der Waals surface area contributed by atoms with Gasteiger partial charge >= 0.3 is 5.63 Å². The van der Waals surface area contributed by atoms with Crippen LogP contribution in [0, 0.1) is 26.6 Å². The third kappa shape index (κ3) is 5.09.